The maximum Gasteiger partial charge on any atom is 0.259 e. The predicted octanol–water partition coefficient (Wildman–Crippen LogP) is 2.40. The van der Waals surface area contributed by atoms with Crippen molar-refractivity contribution >= 4 is 34.2 Å². The number of hydrogen-bond donors (Lipinski definition) is 1. The molecule has 5 nitrogen and oxygen atoms in total. The molecule has 7 heteroatoms. The Bertz CT molecular complexity index is 598. The van der Waals surface area contributed by atoms with Crippen LogP contribution in [0.4, 0.5) is 0 Å². The van der Waals surface area contributed by atoms with Gasteiger partial charge < -0.3 is 9.84 Å². The highest BCUT2D eigenvalue weighted by Gasteiger charge is 2.16. The second-order valence-electron chi connectivity index (χ2n) is 4.67. The van der Waals surface area contributed by atoms with E-state index >= 15 is 0 Å². The highest BCUT2D eigenvalue weighted by Crippen LogP contribution is 2.27. The lowest BCUT2D eigenvalue weighted by Gasteiger charge is -2.25. The molecule has 3 rings (SSSR count). The van der Waals surface area contributed by atoms with E-state index < -0.39 is 0 Å². The monoisotopic (exact) mass is 404 g/mol. The van der Waals surface area contributed by atoms with Crippen LogP contribution >= 0.6 is 34.2 Å². The Balaban J connectivity index is 1.77. The van der Waals surface area contributed by atoms with Gasteiger partial charge in [-0.15, -0.1) is 0 Å². The molecule has 2 heterocycles. The summed E-state index contributed by atoms with van der Waals surface area (Å²) in [4.78, 5) is 6.79. The Labute approximate surface area is 135 Å². The molecule has 1 N–H and O–H groups in total. The molecule has 0 aliphatic carbocycles. The van der Waals surface area contributed by atoms with Crippen molar-refractivity contribution in [1.29, 1.82) is 0 Å². The number of benzene rings is 1. The molecule has 2 aromatic rings. The van der Waals surface area contributed by atoms with Crippen molar-refractivity contribution in [3.05, 3.63) is 32.6 Å². The third-order valence-electron chi connectivity index (χ3n) is 3.20. The first-order chi connectivity index (χ1) is 9.72. The number of nitrogens with one attached hydrogen (secondary N) is 1. The van der Waals surface area contributed by atoms with Crippen LogP contribution in [0.25, 0.3) is 11.5 Å². The van der Waals surface area contributed by atoms with Gasteiger partial charge in [-0.25, -0.2) is 0 Å². The van der Waals surface area contributed by atoms with Crippen LogP contribution in [0.15, 0.2) is 22.7 Å². The second-order valence-corrected chi connectivity index (χ2v) is 6.26. The van der Waals surface area contributed by atoms with Crippen molar-refractivity contribution in [2.45, 2.75) is 6.54 Å². The molecule has 1 fully saturated rings. The van der Waals surface area contributed by atoms with Crippen LogP contribution in [0.2, 0.25) is 5.02 Å². The smallest absolute Gasteiger partial charge is 0.259 e. The van der Waals surface area contributed by atoms with E-state index in [2.05, 4.69) is 42.9 Å². The van der Waals surface area contributed by atoms with Crippen molar-refractivity contribution in [2.75, 3.05) is 26.2 Å². The largest absolute Gasteiger partial charge is 0.334 e. The van der Waals surface area contributed by atoms with Crippen molar-refractivity contribution in [3.8, 4) is 11.5 Å². The lowest BCUT2D eigenvalue weighted by atomic mass is 10.2. The maximum absolute atomic E-state index is 6.02. The third-order valence-corrected chi connectivity index (χ3v) is 4.38. The van der Waals surface area contributed by atoms with Crippen LogP contribution in [0.1, 0.15) is 5.82 Å². The van der Waals surface area contributed by atoms with Gasteiger partial charge in [0.05, 0.1) is 12.1 Å². The zero-order valence-electron chi connectivity index (χ0n) is 10.8. The Morgan fingerprint density at radius 2 is 2.15 bits per heavy atom. The summed E-state index contributed by atoms with van der Waals surface area (Å²) in [6.45, 7) is 4.77. The van der Waals surface area contributed by atoms with Crippen LogP contribution in [-0.2, 0) is 6.54 Å². The molecule has 1 saturated heterocycles. The SMILES string of the molecule is Clc1ccc(I)c(-c2nc(CN3CCNCC3)no2)c1. The Morgan fingerprint density at radius 1 is 1.35 bits per heavy atom. The number of rotatable bonds is 3. The average Bonchev–Trinajstić information content (AvgIpc) is 2.91. The Hall–Kier alpha value is -0.700. The van der Waals surface area contributed by atoms with E-state index in [1.165, 1.54) is 0 Å². The van der Waals surface area contributed by atoms with Crippen LogP contribution in [0, 0.1) is 3.57 Å². The first kappa shape index (κ1) is 14.2. The molecule has 0 saturated carbocycles. The molecule has 0 atom stereocenters. The summed E-state index contributed by atoms with van der Waals surface area (Å²) in [5.41, 5.74) is 0.886. The first-order valence-electron chi connectivity index (χ1n) is 6.43. The lowest BCUT2D eigenvalue weighted by Crippen LogP contribution is -2.43. The summed E-state index contributed by atoms with van der Waals surface area (Å²) >= 11 is 8.26. The molecular formula is C13H14ClIN4O. The molecule has 1 aromatic heterocycles. The zero-order valence-corrected chi connectivity index (χ0v) is 13.7. The molecule has 20 heavy (non-hydrogen) atoms. The van der Waals surface area contributed by atoms with Crippen molar-refractivity contribution in [3.63, 3.8) is 0 Å². The molecule has 0 unspecified atom stereocenters. The molecule has 1 aliphatic heterocycles. The number of aromatic nitrogens is 2. The van der Waals surface area contributed by atoms with Crippen molar-refractivity contribution < 1.29 is 4.52 Å². The summed E-state index contributed by atoms with van der Waals surface area (Å²) in [6.07, 6.45) is 0. The molecule has 1 aromatic carbocycles. The van der Waals surface area contributed by atoms with E-state index in [1.54, 1.807) is 0 Å². The van der Waals surface area contributed by atoms with Crippen LogP contribution in [0.3, 0.4) is 0 Å². The molecular weight excluding hydrogens is 391 g/mol. The van der Waals surface area contributed by atoms with E-state index in [9.17, 15) is 0 Å². The fraction of sp³-hybridized carbons (Fsp3) is 0.385. The topological polar surface area (TPSA) is 54.2 Å². The van der Waals surface area contributed by atoms with Gasteiger partial charge in [0.15, 0.2) is 5.82 Å². The van der Waals surface area contributed by atoms with E-state index in [0.717, 1.165) is 47.7 Å². The highest BCUT2D eigenvalue weighted by atomic mass is 127. The molecule has 0 amide bonds. The number of hydrogen-bond acceptors (Lipinski definition) is 5. The summed E-state index contributed by atoms with van der Waals surface area (Å²) in [7, 11) is 0. The molecule has 0 spiro atoms. The maximum atomic E-state index is 6.02. The normalized spacial score (nSPS) is 16.5. The van der Waals surface area contributed by atoms with Gasteiger partial charge in [-0.2, -0.15) is 4.98 Å². The molecule has 0 bridgehead atoms. The summed E-state index contributed by atoms with van der Waals surface area (Å²) in [5, 5.41) is 8.06. The van der Waals surface area contributed by atoms with E-state index in [4.69, 9.17) is 16.1 Å². The highest BCUT2D eigenvalue weighted by molar-refractivity contribution is 14.1. The van der Waals surface area contributed by atoms with Crippen molar-refractivity contribution in [2.24, 2.45) is 0 Å². The fourth-order valence-corrected chi connectivity index (χ4v) is 2.90. The number of nitrogens with zero attached hydrogens (tertiary/aromatic N) is 3. The summed E-state index contributed by atoms with van der Waals surface area (Å²) in [6, 6.07) is 5.65. The van der Waals surface area contributed by atoms with Crippen LogP contribution < -0.4 is 5.32 Å². The predicted molar refractivity (Wildman–Crippen MR) is 85.6 cm³/mol. The van der Waals surface area contributed by atoms with E-state index in [-0.39, 0.29) is 0 Å². The van der Waals surface area contributed by atoms with Crippen LogP contribution in [0.5, 0.6) is 0 Å². The van der Waals surface area contributed by atoms with Gasteiger partial charge in [-0.05, 0) is 40.8 Å². The van der Waals surface area contributed by atoms with Gasteiger partial charge in [-0.1, -0.05) is 16.8 Å². The first-order valence-corrected chi connectivity index (χ1v) is 7.89. The average molecular weight is 405 g/mol. The quantitative estimate of drug-likeness (QED) is 0.796. The van der Waals surface area contributed by atoms with E-state index in [1.807, 2.05) is 18.2 Å². The summed E-state index contributed by atoms with van der Waals surface area (Å²) in [5.74, 6) is 1.25. The standard InChI is InChI=1S/C13H14ClIN4O/c14-9-1-2-11(15)10(7-9)13-17-12(18-20-13)8-19-5-3-16-4-6-19/h1-2,7,16H,3-6,8H2. The van der Waals surface area contributed by atoms with Crippen LogP contribution in [-0.4, -0.2) is 41.2 Å². The van der Waals surface area contributed by atoms with Gasteiger partial charge in [0, 0.05) is 34.8 Å². The van der Waals surface area contributed by atoms with Gasteiger partial charge in [0.25, 0.3) is 5.89 Å². The summed E-state index contributed by atoms with van der Waals surface area (Å²) < 4.78 is 6.41. The zero-order chi connectivity index (χ0) is 13.9. The molecule has 0 radical (unpaired) electrons. The van der Waals surface area contributed by atoms with Gasteiger partial charge in [-0.3, -0.25) is 4.90 Å². The third kappa shape index (κ3) is 3.30. The minimum Gasteiger partial charge on any atom is -0.334 e. The molecule has 106 valence electrons. The van der Waals surface area contributed by atoms with E-state index in [0.29, 0.717) is 10.9 Å². The lowest BCUT2D eigenvalue weighted by molar-refractivity contribution is 0.225. The van der Waals surface area contributed by atoms with Gasteiger partial charge in [0.2, 0.25) is 0 Å². The minimum atomic E-state index is 0.530. The number of halogens is 2. The Morgan fingerprint density at radius 3 is 2.95 bits per heavy atom. The fourth-order valence-electron chi connectivity index (χ4n) is 2.16. The minimum absolute atomic E-state index is 0.530. The number of piperazine rings is 1. The van der Waals surface area contributed by atoms with Gasteiger partial charge >= 0.3 is 0 Å². The van der Waals surface area contributed by atoms with Crippen molar-refractivity contribution in [1.82, 2.24) is 20.4 Å². The molecule has 1 aliphatic rings. The van der Waals surface area contributed by atoms with Gasteiger partial charge in [0.1, 0.15) is 0 Å². The second kappa shape index (κ2) is 6.38. The Kier molecular flexibility index (Phi) is 4.54.